The Morgan fingerprint density at radius 3 is 2.33 bits per heavy atom. The summed E-state index contributed by atoms with van der Waals surface area (Å²) in [6, 6.07) is 20.0. The summed E-state index contributed by atoms with van der Waals surface area (Å²) < 4.78 is 3.46. The standard InChI is InChI=1S/C20H16IN3/c1-14-11-17(13-23-19-7-3-16(12-22)4-8-19)15(2)24(14)20-9-5-18(21)6-10-20/h3-11,13H,1-2H3. The van der Waals surface area contributed by atoms with Gasteiger partial charge in [0.1, 0.15) is 0 Å². The Morgan fingerprint density at radius 1 is 1.04 bits per heavy atom. The molecule has 0 atom stereocenters. The van der Waals surface area contributed by atoms with E-state index < -0.39 is 0 Å². The minimum atomic E-state index is 0.644. The van der Waals surface area contributed by atoms with Crippen molar-refractivity contribution in [2.75, 3.05) is 0 Å². The maximum absolute atomic E-state index is 8.84. The molecule has 0 saturated carbocycles. The fraction of sp³-hybridized carbons (Fsp3) is 0.100. The lowest BCUT2D eigenvalue weighted by Crippen LogP contribution is -1.99. The van der Waals surface area contributed by atoms with Crippen LogP contribution in [0.5, 0.6) is 0 Å². The van der Waals surface area contributed by atoms with Crippen LogP contribution in [0.3, 0.4) is 0 Å². The van der Waals surface area contributed by atoms with Gasteiger partial charge in [0.25, 0.3) is 0 Å². The monoisotopic (exact) mass is 425 g/mol. The highest BCUT2D eigenvalue weighted by molar-refractivity contribution is 14.1. The van der Waals surface area contributed by atoms with E-state index in [1.54, 1.807) is 12.1 Å². The van der Waals surface area contributed by atoms with Crippen LogP contribution in [0.25, 0.3) is 5.69 Å². The first-order valence-electron chi connectivity index (χ1n) is 7.57. The number of aliphatic imine (C=N–C) groups is 1. The molecule has 0 unspecified atom stereocenters. The van der Waals surface area contributed by atoms with Gasteiger partial charge in [-0.1, -0.05) is 0 Å². The molecule has 0 fully saturated rings. The van der Waals surface area contributed by atoms with E-state index in [0.717, 1.165) is 22.6 Å². The van der Waals surface area contributed by atoms with E-state index in [-0.39, 0.29) is 0 Å². The predicted octanol–water partition coefficient (Wildman–Crippen LogP) is 5.32. The lowest BCUT2D eigenvalue weighted by molar-refractivity contribution is 0.964. The van der Waals surface area contributed by atoms with Crippen LogP contribution in [-0.2, 0) is 0 Å². The summed E-state index contributed by atoms with van der Waals surface area (Å²) in [5, 5.41) is 8.84. The molecular formula is C20H16IN3. The van der Waals surface area contributed by atoms with E-state index in [2.05, 4.69) is 82.4 Å². The smallest absolute Gasteiger partial charge is 0.0991 e. The Bertz CT molecular complexity index is 927. The van der Waals surface area contributed by atoms with Gasteiger partial charge in [0.15, 0.2) is 0 Å². The second-order valence-electron chi connectivity index (χ2n) is 5.56. The number of rotatable bonds is 3. The van der Waals surface area contributed by atoms with E-state index in [1.165, 1.54) is 9.26 Å². The van der Waals surface area contributed by atoms with Gasteiger partial charge in [-0.05, 0) is 91.0 Å². The zero-order valence-electron chi connectivity index (χ0n) is 13.5. The van der Waals surface area contributed by atoms with E-state index in [9.17, 15) is 0 Å². The van der Waals surface area contributed by atoms with Crippen molar-refractivity contribution < 1.29 is 0 Å². The summed E-state index contributed by atoms with van der Waals surface area (Å²) in [5.74, 6) is 0. The van der Waals surface area contributed by atoms with E-state index in [0.29, 0.717) is 5.56 Å². The van der Waals surface area contributed by atoms with Gasteiger partial charge in [-0.25, -0.2) is 0 Å². The quantitative estimate of drug-likeness (QED) is 0.414. The van der Waals surface area contributed by atoms with Gasteiger partial charge < -0.3 is 4.57 Å². The number of aryl methyl sites for hydroxylation is 1. The molecule has 0 bridgehead atoms. The fourth-order valence-electron chi connectivity index (χ4n) is 2.67. The average molecular weight is 425 g/mol. The third kappa shape index (κ3) is 3.41. The number of halogens is 1. The van der Waals surface area contributed by atoms with E-state index >= 15 is 0 Å². The zero-order valence-corrected chi connectivity index (χ0v) is 15.7. The van der Waals surface area contributed by atoms with Crippen molar-refractivity contribution in [2.45, 2.75) is 13.8 Å². The number of hydrogen-bond acceptors (Lipinski definition) is 2. The van der Waals surface area contributed by atoms with E-state index in [1.807, 2.05) is 18.3 Å². The summed E-state index contributed by atoms with van der Waals surface area (Å²) in [6.07, 6.45) is 1.88. The van der Waals surface area contributed by atoms with Gasteiger partial charge in [-0.15, -0.1) is 0 Å². The molecule has 2 aromatic carbocycles. The predicted molar refractivity (Wildman–Crippen MR) is 106 cm³/mol. The third-order valence-corrected chi connectivity index (χ3v) is 4.62. The third-order valence-electron chi connectivity index (χ3n) is 3.90. The number of nitrogens with zero attached hydrogens (tertiary/aromatic N) is 3. The first-order chi connectivity index (χ1) is 11.6. The van der Waals surface area contributed by atoms with Crippen molar-refractivity contribution in [3.8, 4) is 11.8 Å². The first-order valence-corrected chi connectivity index (χ1v) is 8.65. The first kappa shape index (κ1) is 16.5. The Labute approximate surface area is 155 Å². The molecule has 118 valence electrons. The minimum absolute atomic E-state index is 0.644. The molecule has 1 heterocycles. The van der Waals surface area contributed by atoms with Crippen LogP contribution in [0.4, 0.5) is 5.69 Å². The van der Waals surface area contributed by atoms with Crippen molar-refractivity contribution in [1.82, 2.24) is 4.57 Å². The van der Waals surface area contributed by atoms with Crippen molar-refractivity contribution >= 4 is 34.5 Å². The van der Waals surface area contributed by atoms with Crippen LogP contribution in [0, 0.1) is 28.7 Å². The largest absolute Gasteiger partial charge is 0.318 e. The molecule has 0 amide bonds. The number of nitriles is 1. The molecule has 0 aliphatic rings. The van der Waals surface area contributed by atoms with Crippen molar-refractivity contribution in [1.29, 1.82) is 5.26 Å². The lowest BCUT2D eigenvalue weighted by atomic mass is 10.2. The molecule has 0 spiro atoms. The average Bonchev–Trinajstić information content (AvgIpc) is 2.88. The molecular weight excluding hydrogens is 409 g/mol. The van der Waals surface area contributed by atoms with Gasteiger partial charge in [-0.3, -0.25) is 4.99 Å². The van der Waals surface area contributed by atoms with Crippen LogP contribution in [0.15, 0.2) is 59.6 Å². The zero-order chi connectivity index (χ0) is 17.1. The van der Waals surface area contributed by atoms with Gasteiger partial charge in [-0.2, -0.15) is 5.26 Å². The molecule has 0 N–H and O–H groups in total. The normalized spacial score (nSPS) is 10.9. The molecule has 0 radical (unpaired) electrons. The van der Waals surface area contributed by atoms with Gasteiger partial charge in [0.2, 0.25) is 0 Å². The van der Waals surface area contributed by atoms with Gasteiger partial charge in [0, 0.05) is 32.4 Å². The fourth-order valence-corrected chi connectivity index (χ4v) is 3.03. The van der Waals surface area contributed by atoms with Crippen LogP contribution in [0.1, 0.15) is 22.5 Å². The van der Waals surface area contributed by atoms with Crippen LogP contribution in [0.2, 0.25) is 0 Å². The van der Waals surface area contributed by atoms with E-state index in [4.69, 9.17) is 5.26 Å². The molecule has 3 rings (SSSR count). The second kappa shape index (κ2) is 7.02. The van der Waals surface area contributed by atoms with Crippen LogP contribution < -0.4 is 0 Å². The number of hydrogen-bond donors (Lipinski definition) is 0. The highest BCUT2D eigenvalue weighted by Gasteiger charge is 2.09. The Kier molecular flexibility index (Phi) is 4.81. The molecule has 0 saturated heterocycles. The summed E-state index contributed by atoms with van der Waals surface area (Å²) in [7, 11) is 0. The molecule has 4 heteroatoms. The summed E-state index contributed by atoms with van der Waals surface area (Å²) >= 11 is 2.31. The highest BCUT2D eigenvalue weighted by Crippen LogP contribution is 2.21. The summed E-state index contributed by atoms with van der Waals surface area (Å²) in [4.78, 5) is 4.53. The Morgan fingerprint density at radius 2 is 1.71 bits per heavy atom. The van der Waals surface area contributed by atoms with Crippen LogP contribution in [-0.4, -0.2) is 10.8 Å². The topological polar surface area (TPSA) is 41.1 Å². The van der Waals surface area contributed by atoms with Crippen molar-refractivity contribution in [2.24, 2.45) is 4.99 Å². The SMILES string of the molecule is Cc1cc(C=Nc2ccc(C#N)cc2)c(C)n1-c1ccc(I)cc1. The maximum Gasteiger partial charge on any atom is 0.0991 e. The highest BCUT2D eigenvalue weighted by atomic mass is 127. The minimum Gasteiger partial charge on any atom is -0.318 e. The van der Waals surface area contributed by atoms with Crippen molar-refractivity contribution in [3.63, 3.8) is 0 Å². The maximum atomic E-state index is 8.84. The Balaban J connectivity index is 1.92. The molecule has 3 nitrogen and oxygen atoms in total. The number of benzene rings is 2. The van der Waals surface area contributed by atoms with Crippen LogP contribution >= 0.6 is 22.6 Å². The van der Waals surface area contributed by atoms with Gasteiger partial charge >= 0.3 is 0 Å². The molecule has 0 aliphatic carbocycles. The molecule has 3 aromatic rings. The molecule has 24 heavy (non-hydrogen) atoms. The Hall–Kier alpha value is -2.39. The molecule has 1 aromatic heterocycles. The second-order valence-corrected chi connectivity index (χ2v) is 6.80. The molecule has 0 aliphatic heterocycles. The number of aromatic nitrogens is 1. The lowest BCUT2D eigenvalue weighted by Gasteiger charge is -2.09. The van der Waals surface area contributed by atoms with Crippen molar-refractivity contribution in [3.05, 3.63) is 80.7 Å². The van der Waals surface area contributed by atoms with Gasteiger partial charge in [0.05, 0.1) is 17.3 Å². The summed E-state index contributed by atoms with van der Waals surface area (Å²) in [5.41, 5.74) is 6.07. The summed E-state index contributed by atoms with van der Waals surface area (Å²) in [6.45, 7) is 4.20.